The van der Waals surface area contributed by atoms with Crippen molar-refractivity contribution in [3.8, 4) is 11.1 Å². The molecule has 0 amide bonds. The molecule has 0 heterocycles. The van der Waals surface area contributed by atoms with Crippen molar-refractivity contribution in [3.05, 3.63) is 95.1 Å². The third-order valence-electron chi connectivity index (χ3n) is 6.29. The first-order valence-corrected chi connectivity index (χ1v) is 11.4. The Morgan fingerprint density at radius 3 is 1.75 bits per heavy atom. The smallest absolute Gasteiger partial charge is 0.0682 e. The van der Waals surface area contributed by atoms with Crippen LogP contribution in [-0.2, 0) is 19.8 Å². The maximum Gasteiger partial charge on any atom is 0.0682 e. The average Bonchev–Trinajstić information content (AvgIpc) is 2.89. The van der Waals surface area contributed by atoms with Crippen LogP contribution >= 0.6 is 0 Å². The summed E-state index contributed by atoms with van der Waals surface area (Å²) >= 11 is 0. The van der Waals surface area contributed by atoms with E-state index in [1.54, 1.807) is 0 Å². The Bertz CT molecular complexity index is 944. The van der Waals surface area contributed by atoms with Gasteiger partial charge in [-0.3, -0.25) is 0 Å². The van der Waals surface area contributed by atoms with Crippen molar-refractivity contribution >= 4 is 0 Å². The van der Waals surface area contributed by atoms with Crippen LogP contribution in [0.4, 0.5) is 0 Å². The van der Waals surface area contributed by atoms with E-state index in [-0.39, 0.29) is 19.8 Å². The highest BCUT2D eigenvalue weighted by atomic mass is 16.3. The van der Waals surface area contributed by atoms with Gasteiger partial charge in [-0.2, -0.15) is 0 Å². The van der Waals surface area contributed by atoms with E-state index in [4.69, 9.17) is 20.4 Å². The Hall–Kier alpha value is -2.50. The average molecular weight is 435 g/mol. The molecule has 0 atom stereocenters. The Kier molecular flexibility index (Phi) is 9.44. The minimum absolute atomic E-state index is 0.0581. The van der Waals surface area contributed by atoms with E-state index >= 15 is 0 Å². The second kappa shape index (κ2) is 12.5. The molecule has 170 valence electrons. The zero-order chi connectivity index (χ0) is 22.8. The first-order chi connectivity index (χ1) is 15.7. The summed E-state index contributed by atoms with van der Waals surface area (Å²) in [6, 6.07) is 23.8. The Labute approximate surface area is 190 Å². The maximum absolute atomic E-state index is 9.11. The fourth-order valence-corrected chi connectivity index (χ4v) is 4.28. The summed E-state index contributed by atoms with van der Waals surface area (Å²) in [6.45, 7) is 0.586. The normalized spacial score (nSPS) is 18.0. The number of aliphatic hydroxyl groups excluding tert-OH is 4. The van der Waals surface area contributed by atoms with E-state index in [9.17, 15) is 0 Å². The second-order valence-corrected chi connectivity index (χ2v) is 8.52. The lowest BCUT2D eigenvalue weighted by Gasteiger charge is -2.27. The van der Waals surface area contributed by atoms with E-state index < -0.39 is 0 Å². The summed E-state index contributed by atoms with van der Waals surface area (Å²) in [5.41, 5.74) is 6.33. The summed E-state index contributed by atoms with van der Waals surface area (Å²) in [5.74, 6) is 1.13. The van der Waals surface area contributed by atoms with E-state index in [0.29, 0.717) is 18.4 Å². The number of rotatable bonds is 6. The van der Waals surface area contributed by atoms with Crippen molar-refractivity contribution in [2.75, 3.05) is 6.61 Å². The van der Waals surface area contributed by atoms with Gasteiger partial charge in [0.2, 0.25) is 0 Å². The van der Waals surface area contributed by atoms with Gasteiger partial charge < -0.3 is 20.4 Å². The van der Waals surface area contributed by atoms with Gasteiger partial charge >= 0.3 is 0 Å². The highest BCUT2D eigenvalue weighted by Crippen LogP contribution is 2.35. The van der Waals surface area contributed by atoms with Crippen LogP contribution in [0.1, 0.15) is 53.9 Å². The van der Waals surface area contributed by atoms with E-state index in [2.05, 4.69) is 12.1 Å². The van der Waals surface area contributed by atoms with E-state index in [0.717, 1.165) is 40.7 Å². The van der Waals surface area contributed by atoms with Crippen molar-refractivity contribution in [1.29, 1.82) is 0 Å². The van der Waals surface area contributed by atoms with Crippen LogP contribution in [0.5, 0.6) is 0 Å². The van der Waals surface area contributed by atoms with Crippen LogP contribution in [0.3, 0.4) is 0 Å². The van der Waals surface area contributed by atoms with Crippen LogP contribution in [0.2, 0.25) is 0 Å². The summed E-state index contributed by atoms with van der Waals surface area (Å²) in [4.78, 5) is 0. The van der Waals surface area contributed by atoms with Crippen molar-refractivity contribution in [2.24, 2.45) is 5.92 Å². The molecule has 0 aromatic heterocycles. The first-order valence-electron chi connectivity index (χ1n) is 11.4. The first kappa shape index (κ1) is 24.1. The SMILES string of the molecule is OCc1ccc(-c2cccc(CO)c2)cc1.OCc1cccc(C2CCC(CO)CC2)c1. The molecule has 0 bridgehead atoms. The van der Waals surface area contributed by atoms with Gasteiger partial charge in [0.25, 0.3) is 0 Å². The minimum Gasteiger partial charge on any atom is -0.396 e. The number of aliphatic hydroxyl groups is 4. The maximum atomic E-state index is 9.11. The van der Waals surface area contributed by atoms with Crippen molar-refractivity contribution < 1.29 is 20.4 Å². The quantitative estimate of drug-likeness (QED) is 0.450. The second-order valence-electron chi connectivity index (χ2n) is 8.52. The lowest BCUT2D eigenvalue weighted by Crippen LogP contribution is -2.16. The zero-order valence-electron chi connectivity index (χ0n) is 18.5. The van der Waals surface area contributed by atoms with Crippen molar-refractivity contribution in [2.45, 2.75) is 51.4 Å². The van der Waals surface area contributed by atoms with E-state index in [1.165, 1.54) is 18.4 Å². The molecule has 4 N–H and O–H groups in total. The summed E-state index contributed by atoms with van der Waals surface area (Å²) in [7, 11) is 0. The van der Waals surface area contributed by atoms with Gasteiger partial charge in [-0.1, -0.05) is 66.7 Å². The molecule has 32 heavy (non-hydrogen) atoms. The third-order valence-corrected chi connectivity index (χ3v) is 6.29. The molecule has 4 nitrogen and oxygen atoms in total. The standard InChI is InChI=1S/C14H20O2.C14H14O2/c2*15-9-11-4-6-13(7-5-11)14-3-1-2-12(8-14)10-16/h1-3,8,11,13,15-16H,4-7,9-10H2;1-8,15-16H,9-10H2. The van der Waals surface area contributed by atoms with Gasteiger partial charge in [-0.15, -0.1) is 0 Å². The van der Waals surface area contributed by atoms with Crippen molar-refractivity contribution in [1.82, 2.24) is 0 Å². The molecule has 0 aliphatic heterocycles. The van der Waals surface area contributed by atoms with Gasteiger partial charge in [0.05, 0.1) is 19.8 Å². The van der Waals surface area contributed by atoms with Crippen LogP contribution < -0.4 is 0 Å². The minimum atomic E-state index is 0.0581. The lowest BCUT2D eigenvalue weighted by atomic mass is 9.79. The summed E-state index contributed by atoms with van der Waals surface area (Å²) in [5, 5.41) is 36.2. The van der Waals surface area contributed by atoms with Crippen molar-refractivity contribution in [3.63, 3.8) is 0 Å². The third kappa shape index (κ3) is 6.75. The van der Waals surface area contributed by atoms with Gasteiger partial charge in [-0.05, 0) is 77.0 Å². The van der Waals surface area contributed by atoms with Gasteiger partial charge in [0.1, 0.15) is 0 Å². The largest absolute Gasteiger partial charge is 0.396 e. The van der Waals surface area contributed by atoms with Crippen LogP contribution in [0.15, 0.2) is 72.8 Å². The summed E-state index contributed by atoms with van der Waals surface area (Å²) < 4.78 is 0. The molecule has 3 aromatic rings. The van der Waals surface area contributed by atoms with Crippen LogP contribution in [0, 0.1) is 5.92 Å². The molecule has 0 saturated heterocycles. The van der Waals surface area contributed by atoms with Gasteiger partial charge in [0, 0.05) is 6.61 Å². The molecular formula is C28H34O4. The molecule has 0 radical (unpaired) electrons. The van der Waals surface area contributed by atoms with E-state index in [1.807, 2.05) is 60.7 Å². The molecule has 3 aromatic carbocycles. The molecule has 1 aliphatic carbocycles. The molecule has 1 aliphatic rings. The molecular weight excluding hydrogens is 400 g/mol. The predicted molar refractivity (Wildman–Crippen MR) is 128 cm³/mol. The zero-order valence-corrected chi connectivity index (χ0v) is 18.5. The Morgan fingerprint density at radius 1 is 0.562 bits per heavy atom. The fourth-order valence-electron chi connectivity index (χ4n) is 4.28. The number of hydrogen-bond donors (Lipinski definition) is 4. The molecule has 1 fully saturated rings. The monoisotopic (exact) mass is 434 g/mol. The highest BCUT2D eigenvalue weighted by molar-refractivity contribution is 5.64. The Balaban J connectivity index is 0.000000181. The predicted octanol–water partition coefficient (Wildman–Crippen LogP) is 4.78. The molecule has 1 saturated carbocycles. The molecule has 0 spiro atoms. The van der Waals surface area contributed by atoms with Gasteiger partial charge in [-0.25, -0.2) is 0 Å². The molecule has 0 unspecified atom stereocenters. The summed E-state index contributed by atoms with van der Waals surface area (Å²) in [6.07, 6.45) is 4.59. The molecule has 4 rings (SSSR count). The topological polar surface area (TPSA) is 80.9 Å². The number of hydrogen-bond acceptors (Lipinski definition) is 4. The highest BCUT2D eigenvalue weighted by Gasteiger charge is 2.21. The van der Waals surface area contributed by atoms with Gasteiger partial charge in [0.15, 0.2) is 0 Å². The van der Waals surface area contributed by atoms with Crippen LogP contribution in [-0.4, -0.2) is 27.0 Å². The Morgan fingerprint density at radius 2 is 1.16 bits per heavy atom. The lowest BCUT2D eigenvalue weighted by molar-refractivity contribution is 0.182. The molecule has 4 heteroatoms. The number of benzene rings is 3. The van der Waals surface area contributed by atoms with Crippen LogP contribution in [0.25, 0.3) is 11.1 Å². The fraction of sp³-hybridized carbons (Fsp3) is 0.357.